The molecule has 1 saturated heterocycles. The lowest BCUT2D eigenvalue weighted by Gasteiger charge is -2.12. The van der Waals surface area contributed by atoms with Gasteiger partial charge in [-0.1, -0.05) is 11.8 Å². The molecule has 2 aromatic heterocycles. The van der Waals surface area contributed by atoms with Crippen LogP contribution in [0.15, 0.2) is 11.4 Å². The Bertz CT molecular complexity index is 546. The maximum absolute atomic E-state index is 5.88. The molecule has 0 spiro atoms. The van der Waals surface area contributed by atoms with Crippen molar-refractivity contribution in [2.75, 3.05) is 6.61 Å². The lowest BCUT2D eigenvalue weighted by molar-refractivity contribution is 0.127. The van der Waals surface area contributed by atoms with Gasteiger partial charge in [-0.2, -0.15) is 4.98 Å². The van der Waals surface area contributed by atoms with E-state index >= 15 is 0 Å². The zero-order chi connectivity index (χ0) is 11.8. The highest BCUT2D eigenvalue weighted by molar-refractivity contribution is 8.00. The monoisotopic (exact) mass is 270 g/mol. The summed E-state index contributed by atoms with van der Waals surface area (Å²) in [5.41, 5.74) is 1.46. The molecule has 1 aliphatic rings. The molecule has 2 aromatic rings. The van der Waals surface area contributed by atoms with Crippen molar-refractivity contribution < 1.29 is 4.74 Å². The summed E-state index contributed by atoms with van der Waals surface area (Å²) < 4.78 is 5.54. The third-order valence-electron chi connectivity index (χ3n) is 2.79. The van der Waals surface area contributed by atoms with Crippen LogP contribution in [0.5, 0.6) is 0 Å². The summed E-state index contributed by atoms with van der Waals surface area (Å²) in [5.74, 6) is 0. The fourth-order valence-electron chi connectivity index (χ4n) is 1.88. The van der Waals surface area contributed by atoms with Gasteiger partial charge in [0.25, 0.3) is 0 Å². The number of hydrogen-bond acceptors (Lipinski definition) is 5. The highest BCUT2D eigenvalue weighted by Gasteiger charge is 2.26. The van der Waals surface area contributed by atoms with Crippen LogP contribution in [-0.2, 0) is 4.74 Å². The van der Waals surface area contributed by atoms with E-state index < -0.39 is 0 Å². The van der Waals surface area contributed by atoms with Gasteiger partial charge >= 0.3 is 0 Å². The average Bonchev–Trinajstić information content (AvgIpc) is 2.88. The van der Waals surface area contributed by atoms with E-state index in [0.29, 0.717) is 10.9 Å². The lowest BCUT2D eigenvalue weighted by Crippen LogP contribution is -2.13. The maximum Gasteiger partial charge on any atom is 0.225 e. The molecular weight excluding hydrogens is 260 g/mol. The third-order valence-corrected chi connectivity index (χ3v) is 4.40. The number of nitrogens with zero attached hydrogens (tertiary/aromatic N) is 3. The van der Waals surface area contributed by atoms with Crippen LogP contribution >= 0.6 is 23.4 Å². The van der Waals surface area contributed by atoms with E-state index in [0.717, 1.165) is 23.6 Å². The van der Waals surface area contributed by atoms with Crippen molar-refractivity contribution in [2.24, 2.45) is 0 Å². The number of rotatable bonds is 2. The van der Waals surface area contributed by atoms with E-state index in [-0.39, 0.29) is 11.4 Å². The Kier molecular flexibility index (Phi) is 2.94. The van der Waals surface area contributed by atoms with Gasteiger partial charge in [0.05, 0.1) is 12.4 Å². The summed E-state index contributed by atoms with van der Waals surface area (Å²) >= 11 is 7.56. The van der Waals surface area contributed by atoms with Crippen LogP contribution in [0.3, 0.4) is 0 Å². The first-order chi connectivity index (χ1) is 8.24. The molecule has 1 N–H and O–H groups in total. The Hall–Kier alpha value is -0.850. The molecule has 3 heterocycles. The van der Waals surface area contributed by atoms with E-state index in [1.807, 2.05) is 0 Å². The molecule has 2 atom stereocenters. The van der Waals surface area contributed by atoms with Crippen LogP contribution in [0.1, 0.15) is 13.3 Å². The number of H-pyrrole nitrogens is 1. The predicted molar refractivity (Wildman–Crippen MR) is 66.4 cm³/mol. The average molecular weight is 271 g/mol. The summed E-state index contributed by atoms with van der Waals surface area (Å²) in [6.07, 6.45) is 2.88. The Morgan fingerprint density at radius 3 is 3.18 bits per heavy atom. The van der Waals surface area contributed by atoms with Gasteiger partial charge in [-0.15, -0.1) is 0 Å². The van der Waals surface area contributed by atoms with Gasteiger partial charge in [-0.3, -0.25) is 0 Å². The number of aromatic amines is 1. The molecular formula is C10H11ClN4OS. The number of halogens is 1. The van der Waals surface area contributed by atoms with Gasteiger partial charge in [-0.05, 0) is 24.9 Å². The molecule has 0 aromatic carbocycles. The number of hydrogen-bond donors (Lipinski definition) is 1. The Balaban J connectivity index is 1.96. The van der Waals surface area contributed by atoms with Gasteiger partial charge in [0.15, 0.2) is 5.65 Å². The first kappa shape index (κ1) is 11.3. The molecule has 1 aliphatic heterocycles. The number of nitrogens with one attached hydrogen (secondary N) is 1. The van der Waals surface area contributed by atoms with E-state index in [1.54, 1.807) is 18.1 Å². The first-order valence-corrected chi connectivity index (χ1v) is 6.64. The predicted octanol–water partition coefficient (Wildman–Crippen LogP) is 2.28. The highest BCUT2D eigenvalue weighted by atomic mass is 35.5. The Labute approximate surface area is 107 Å². The number of thioether (sulfide) groups is 1. The topological polar surface area (TPSA) is 63.7 Å². The molecule has 7 heteroatoms. The smallest absolute Gasteiger partial charge is 0.225 e. The van der Waals surface area contributed by atoms with E-state index in [9.17, 15) is 0 Å². The summed E-state index contributed by atoms with van der Waals surface area (Å²) in [6.45, 7) is 2.89. The zero-order valence-electron chi connectivity index (χ0n) is 9.18. The van der Waals surface area contributed by atoms with Gasteiger partial charge < -0.3 is 9.72 Å². The summed E-state index contributed by atoms with van der Waals surface area (Å²) in [5, 5.41) is 1.49. The molecule has 0 amide bonds. The van der Waals surface area contributed by atoms with Crippen LogP contribution in [0, 0.1) is 0 Å². The molecule has 0 aliphatic carbocycles. The fourth-order valence-corrected chi connectivity index (χ4v) is 3.27. The van der Waals surface area contributed by atoms with Crippen molar-refractivity contribution in [3.05, 3.63) is 11.6 Å². The molecule has 0 bridgehead atoms. The molecule has 90 valence electrons. The summed E-state index contributed by atoms with van der Waals surface area (Å²) in [6, 6.07) is 0. The molecule has 1 fully saturated rings. The summed E-state index contributed by atoms with van der Waals surface area (Å²) in [4.78, 5) is 15.5. The minimum absolute atomic E-state index is 0.235. The van der Waals surface area contributed by atoms with Crippen molar-refractivity contribution >= 4 is 34.5 Å². The van der Waals surface area contributed by atoms with Crippen molar-refractivity contribution in [3.8, 4) is 0 Å². The molecule has 2 unspecified atom stereocenters. The third kappa shape index (κ3) is 2.12. The molecule has 3 rings (SSSR count). The fraction of sp³-hybridized carbons (Fsp3) is 0.500. The maximum atomic E-state index is 5.88. The van der Waals surface area contributed by atoms with Gasteiger partial charge in [0.2, 0.25) is 5.28 Å². The highest BCUT2D eigenvalue weighted by Crippen LogP contribution is 2.34. The Morgan fingerprint density at radius 1 is 1.53 bits per heavy atom. The summed E-state index contributed by atoms with van der Waals surface area (Å²) in [7, 11) is 0. The van der Waals surface area contributed by atoms with Crippen molar-refractivity contribution in [1.82, 2.24) is 19.9 Å². The standard InChI is InChI=1S/C10H11ClN4OS/c1-5-6(2-3-16-5)17-9-7-8(13-4-12-7)14-10(11)15-9/h4-6H,2-3H2,1H3,(H,12,13,14,15). The van der Waals surface area contributed by atoms with Crippen LogP contribution in [0.4, 0.5) is 0 Å². The second kappa shape index (κ2) is 4.44. The van der Waals surface area contributed by atoms with Crippen molar-refractivity contribution in [3.63, 3.8) is 0 Å². The number of ether oxygens (including phenoxy) is 1. The number of aromatic nitrogens is 4. The zero-order valence-corrected chi connectivity index (χ0v) is 10.8. The minimum atomic E-state index is 0.235. The van der Waals surface area contributed by atoms with Gasteiger partial charge in [-0.25, -0.2) is 9.97 Å². The van der Waals surface area contributed by atoms with Gasteiger partial charge in [0.1, 0.15) is 10.5 Å². The largest absolute Gasteiger partial charge is 0.377 e. The van der Waals surface area contributed by atoms with E-state index in [4.69, 9.17) is 16.3 Å². The van der Waals surface area contributed by atoms with E-state index in [1.165, 1.54) is 0 Å². The van der Waals surface area contributed by atoms with Crippen molar-refractivity contribution in [1.29, 1.82) is 0 Å². The van der Waals surface area contributed by atoms with Crippen LogP contribution in [-0.4, -0.2) is 37.9 Å². The SMILES string of the molecule is CC1OCCC1Sc1nc(Cl)nc2nc[nH]c12. The number of imidazole rings is 1. The number of fused-ring (bicyclic) bond motifs is 1. The molecule has 0 radical (unpaired) electrons. The normalized spacial score (nSPS) is 24.6. The molecule has 5 nitrogen and oxygen atoms in total. The molecule has 0 saturated carbocycles. The lowest BCUT2D eigenvalue weighted by atomic mass is 10.3. The first-order valence-electron chi connectivity index (χ1n) is 5.39. The van der Waals surface area contributed by atoms with Crippen LogP contribution in [0.25, 0.3) is 11.2 Å². The van der Waals surface area contributed by atoms with Crippen molar-refractivity contribution in [2.45, 2.75) is 29.7 Å². The molecule has 17 heavy (non-hydrogen) atoms. The van der Waals surface area contributed by atoms with E-state index in [2.05, 4.69) is 26.9 Å². The van der Waals surface area contributed by atoms with Gasteiger partial charge in [0, 0.05) is 11.9 Å². The Morgan fingerprint density at radius 2 is 2.41 bits per heavy atom. The second-order valence-corrected chi connectivity index (χ2v) is 5.49. The second-order valence-electron chi connectivity index (χ2n) is 3.92. The quantitative estimate of drug-likeness (QED) is 0.670. The minimum Gasteiger partial charge on any atom is -0.377 e. The van der Waals surface area contributed by atoms with Crippen LogP contribution < -0.4 is 0 Å². The van der Waals surface area contributed by atoms with Crippen LogP contribution in [0.2, 0.25) is 5.28 Å².